The largest absolute Gasteiger partial charge is 0.488 e. The average Bonchev–Trinajstić information content (AvgIpc) is 3.12. The Kier molecular flexibility index (Phi) is 6.41. The molecular weight excluding hydrogens is 442 g/mol. The van der Waals surface area contributed by atoms with Crippen LogP contribution in [0, 0.1) is 12.8 Å². The molecule has 0 spiro atoms. The Labute approximate surface area is 207 Å². The van der Waals surface area contributed by atoms with Crippen LogP contribution in [0.15, 0.2) is 30.3 Å². The summed E-state index contributed by atoms with van der Waals surface area (Å²) < 4.78 is 12.0. The number of fused-ring (bicyclic) bond motifs is 4. The zero-order valence-electron chi connectivity index (χ0n) is 21.1. The molecule has 0 amide bonds. The van der Waals surface area contributed by atoms with Gasteiger partial charge in [0, 0.05) is 23.6 Å². The molecule has 6 nitrogen and oxygen atoms in total. The van der Waals surface area contributed by atoms with E-state index in [2.05, 4.69) is 37.4 Å². The summed E-state index contributed by atoms with van der Waals surface area (Å²) in [4.78, 5) is 11.5. The highest BCUT2D eigenvalue weighted by Gasteiger charge is 2.64. The lowest BCUT2D eigenvalue weighted by Crippen LogP contribution is -2.46. The molecule has 1 saturated carbocycles. The van der Waals surface area contributed by atoms with Gasteiger partial charge in [0.05, 0.1) is 18.8 Å². The Bertz CT molecular complexity index is 1130. The van der Waals surface area contributed by atoms with Gasteiger partial charge >= 0.3 is 5.97 Å². The van der Waals surface area contributed by atoms with Crippen LogP contribution in [0.3, 0.4) is 0 Å². The van der Waals surface area contributed by atoms with Crippen LogP contribution in [0.4, 0.5) is 0 Å². The van der Waals surface area contributed by atoms with Crippen molar-refractivity contribution in [3.8, 4) is 5.75 Å². The van der Waals surface area contributed by atoms with Crippen LogP contribution in [0.5, 0.6) is 5.75 Å². The molecule has 3 aliphatic rings. The molecular formula is C29H37NO5. The van der Waals surface area contributed by atoms with Gasteiger partial charge in [-0.3, -0.25) is 4.79 Å². The molecule has 3 N–H and O–H groups in total. The maximum absolute atomic E-state index is 11.5. The highest BCUT2D eigenvalue weighted by atomic mass is 16.5. The van der Waals surface area contributed by atoms with Gasteiger partial charge in [0.2, 0.25) is 0 Å². The van der Waals surface area contributed by atoms with Crippen molar-refractivity contribution in [2.75, 3.05) is 13.2 Å². The summed E-state index contributed by atoms with van der Waals surface area (Å²) in [6.07, 6.45) is 3.35. The van der Waals surface area contributed by atoms with E-state index in [9.17, 15) is 15.0 Å². The highest BCUT2D eigenvalue weighted by molar-refractivity contribution is 5.79. The van der Waals surface area contributed by atoms with Gasteiger partial charge in [-0.15, -0.1) is 0 Å². The van der Waals surface area contributed by atoms with Gasteiger partial charge in [-0.25, -0.2) is 0 Å². The topological polar surface area (TPSA) is 88.0 Å². The van der Waals surface area contributed by atoms with Crippen molar-refractivity contribution in [3.63, 3.8) is 0 Å². The first-order valence-electron chi connectivity index (χ1n) is 12.8. The molecule has 5 rings (SSSR count). The van der Waals surface area contributed by atoms with Crippen LogP contribution in [0.2, 0.25) is 0 Å². The van der Waals surface area contributed by atoms with Gasteiger partial charge in [0.1, 0.15) is 17.8 Å². The maximum Gasteiger partial charge on any atom is 0.311 e. The summed E-state index contributed by atoms with van der Waals surface area (Å²) in [5.41, 5.74) is 7.10. The van der Waals surface area contributed by atoms with Crippen molar-refractivity contribution in [3.05, 3.63) is 63.7 Å². The number of aliphatic hydroxyl groups is 1. The number of aliphatic carboxylic acids is 1. The lowest BCUT2D eigenvalue weighted by Gasteiger charge is -2.29. The zero-order valence-corrected chi connectivity index (χ0v) is 21.1. The highest BCUT2D eigenvalue weighted by Crippen LogP contribution is 2.61. The third kappa shape index (κ3) is 4.84. The van der Waals surface area contributed by atoms with Crippen molar-refractivity contribution in [1.82, 2.24) is 5.32 Å². The SMILES string of the molecule is Cc1ccc([C@@H](C)OCC(O)CNC(C)(C)Cc2ccc3c(c2)CCC3)c2c1O[C@H]1[C@H](C(=O)O)[C@@H]21. The second-order valence-electron chi connectivity index (χ2n) is 11.2. The molecule has 1 fully saturated rings. The number of carboxylic acids is 1. The van der Waals surface area contributed by atoms with Crippen LogP contribution in [0.1, 0.15) is 72.6 Å². The van der Waals surface area contributed by atoms with Gasteiger partial charge in [0.15, 0.2) is 0 Å². The fraction of sp³-hybridized carbons (Fsp3) is 0.552. The fourth-order valence-corrected chi connectivity index (χ4v) is 5.89. The molecule has 0 radical (unpaired) electrons. The van der Waals surface area contributed by atoms with E-state index in [1.54, 1.807) is 0 Å². The van der Waals surface area contributed by atoms with Crippen LogP contribution in [0.25, 0.3) is 0 Å². The van der Waals surface area contributed by atoms with Crippen LogP contribution in [-0.4, -0.2) is 47.1 Å². The normalized spacial score (nSPS) is 23.7. The minimum absolute atomic E-state index is 0.102. The molecule has 1 heterocycles. The molecule has 0 bridgehead atoms. The van der Waals surface area contributed by atoms with Gasteiger partial charge in [-0.05, 0) is 81.2 Å². The number of carbonyl (C=O) groups is 1. The van der Waals surface area contributed by atoms with E-state index in [0.717, 1.165) is 28.9 Å². The molecule has 1 unspecified atom stereocenters. The van der Waals surface area contributed by atoms with E-state index in [1.165, 1.54) is 36.0 Å². The molecule has 2 aromatic rings. The van der Waals surface area contributed by atoms with E-state index >= 15 is 0 Å². The van der Waals surface area contributed by atoms with Crippen LogP contribution >= 0.6 is 0 Å². The second-order valence-corrected chi connectivity index (χ2v) is 11.2. The Morgan fingerprint density at radius 3 is 2.77 bits per heavy atom. The third-order valence-corrected chi connectivity index (χ3v) is 7.85. The molecule has 5 atom stereocenters. The Morgan fingerprint density at radius 2 is 2.00 bits per heavy atom. The number of aliphatic hydroxyl groups excluding tert-OH is 1. The van der Waals surface area contributed by atoms with Crippen molar-refractivity contribution < 1.29 is 24.5 Å². The number of ether oxygens (including phenoxy) is 2. The van der Waals surface area contributed by atoms with Gasteiger partial charge < -0.3 is 25.0 Å². The molecule has 6 heteroatoms. The number of carboxylic acid groups (broad SMARTS) is 1. The number of β-amino-alcohol motifs (C(OH)–C–C–N with tert-alkyl or cyclic N) is 1. The summed E-state index contributed by atoms with van der Waals surface area (Å²) in [6.45, 7) is 8.89. The monoisotopic (exact) mass is 479 g/mol. The Balaban J connectivity index is 1.15. The summed E-state index contributed by atoms with van der Waals surface area (Å²) in [7, 11) is 0. The van der Waals surface area contributed by atoms with Crippen LogP contribution < -0.4 is 10.1 Å². The van der Waals surface area contributed by atoms with Gasteiger partial charge in [-0.1, -0.05) is 30.3 Å². The molecule has 2 aliphatic carbocycles. The Morgan fingerprint density at radius 1 is 1.23 bits per heavy atom. The summed E-state index contributed by atoms with van der Waals surface area (Å²) >= 11 is 0. The van der Waals surface area contributed by atoms with E-state index in [0.29, 0.717) is 6.54 Å². The number of hydrogen-bond acceptors (Lipinski definition) is 5. The first-order valence-corrected chi connectivity index (χ1v) is 12.8. The number of nitrogens with one attached hydrogen (secondary N) is 1. The lowest BCUT2D eigenvalue weighted by atomic mass is 9.93. The van der Waals surface area contributed by atoms with Crippen LogP contribution in [-0.2, 0) is 28.8 Å². The quantitative estimate of drug-likeness (QED) is 0.476. The summed E-state index contributed by atoms with van der Waals surface area (Å²) in [5.74, 6) is -0.579. The zero-order chi connectivity index (χ0) is 24.9. The van der Waals surface area contributed by atoms with Crippen molar-refractivity contribution in [1.29, 1.82) is 0 Å². The first kappa shape index (κ1) is 24.3. The minimum Gasteiger partial charge on any atom is -0.488 e. The predicted octanol–water partition coefficient (Wildman–Crippen LogP) is 4.09. The maximum atomic E-state index is 11.5. The molecule has 0 saturated heterocycles. The average molecular weight is 480 g/mol. The van der Waals surface area contributed by atoms with E-state index < -0.39 is 18.0 Å². The number of rotatable bonds is 10. The van der Waals surface area contributed by atoms with Gasteiger partial charge in [-0.2, -0.15) is 0 Å². The molecule has 1 aliphatic heterocycles. The number of hydrogen-bond donors (Lipinski definition) is 3. The minimum atomic E-state index is -0.810. The smallest absolute Gasteiger partial charge is 0.311 e. The molecule has 2 aromatic carbocycles. The van der Waals surface area contributed by atoms with E-state index in [4.69, 9.17) is 9.47 Å². The molecule has 0 aromatic heterocycles. The first-order chi connectivity index (χ1) is 16.6. The predicted molar refractivity (Wildman–Crippen MR) is 134 cm³/mol. The number of benzene rings is 2. The molecule has 188 valence electrons. The fourth-order valence-electron chi connectivity index (χ4n) is 5.89. The van der Waals surface area contributed by atoms with Crippen molar-refractivity contribution in [2.24, 2.45) is 5.92 Å². The van der Waals surface area contributed by atoms with Gasteiger partial charge in [0.25, 0.3) is 0 Å². The summed E-state index contributed by atoms with van der Waals surface area (Å²) in [5, 5.41) is 23.6. The second kappa shape index (κ2) is 9.23. The third-order valence-electron chi connectivity index (χ3n) is 7.85. The summed E-state index contributed by atoms with van der Waals surface area (Å²) in [6, 6.07) is 10.8. The van der Waals surface area contributed by atoms with Crippen molar-refractivity contribution >= 4 is 5.97 Å². The standard InChI is InChI=1S/C29H37NO5/c1-16-8-11-22(23-24-25(28(32)33)27(24)35-26(16)23)17(2)34-15-21(31)14-30-29(3,4)13-18-9-10-19-6-5-7-20(19)12-18/h8-12,17,21,24-25,27,30-31H,5-7,13-15H2,1-4H3,(H,32,33)/t17-,21?,24-,25-,27-/m1/s1. The van der Waals surface area contributed by atoms with E-state index in [1.807, 2.05) is 26.0 Å². The Hall–Kier alpha value is -2.41. The van der Waals surface area contributed by atoms with E-state index in [-0.39, 0.29) is 30.3 Å². The molecule has 35 heavy (non-hydrogen) atoms. The lowest BCUT2D eigenvalue weighted by molar-refractivity contribution is -0.139. The number of aryl methyl sites for hydroxylation is 3. The van der Waals surface area contributed by atoms with Crippen molar-refractivity contribution in [2.45, 2.75) is 83.1 Å².